The van der Waals surface area contributed by atoms with Crippen LogP contribution in [0.5, 0.6) is 0 Å². The van der Waals surface area contributed by atoms with Gasteiger partial charge in [-0.05, 0) is 24.3 Å². The number of thioether (sulfide) groups is 2. The molecule has 7 heteroatoms. The van der Waals surface area contributed by atoms with Crippen LogP contribution in [0.3, 0.4) is 0 Å². The smallest absolute Gasteiger partial charge is 0.316 e. The average molecular weight is 386 g/mol. The van der Waals surface area contributed by atoms with Crippen LogP contribution in [0.2, 0.25) is 0 Å². The molecule has 0 aliphatic heterocycles. The van der Waals surface area contributed by atoms with Crippen molar-refractivity contribution in [1.29, 1.82) is 0 Å². The third kappa shape index (κ3) is 6.63. The van der Waals surface area contributed by atoms with Crippen LogP contribution in [0.25, 0.3) is 10.2 Å². The Hall–Kier alpha value is -0.760. The van der Waals surface area contributed by atoms with E-state index in [4.69, 9.17) is 9.47 Å². The van der Waals surface area contributed by atoms with Crippen LogP contribution in [-0.4, -0.2) is 48.0 Å². The van der Waals surface area contributed by atoms with Crippen LogP contribution in [0.15, 0.2) is 28.6 Å². The number of carbonyl (C=O) groups is 1. The Labute approximate surface area is 155 Å². The van der Waals surface area contributed by atoms with Crippen LogP contribution in [-0.2, 0) is 14.3 Å². The zero-order chi connectivity index (χ0) is 17.2. The van der Waals surface area contributed by atoms with E-state index in [1.807, 2.05) is 36.0 Å². The third-order valence-corrected chi connectivity index (χ3v) is 6.52. The van der Waals surface area contributed by atoms with E-state index in [1.54, 1.807) is 18.4 Å². The van der Waals surface area contributed by atoms with E-state index < -0.39 is 0 Å². The van der Waals surface area contributed by atoms with Crippen LogP contribution in [0, 0.1) is 0 Å². The summed E-state index contributed by atoms with van der Waals surface area (Å²) in [7, 11) is 1.63. The number of benzene rings is 1. The first-order valence-electron chi connectivity index (χ1n) is 7.97. The Bertz CT molecular complexity index is 599. The first kappa shape index (κ1) is 19.6. The quantitative estimate of drug-likeness (QED) is 0.323. The molecule has 0 radical (unpaired) electrons. The molecule has 0 spiro atoms. The molecule has 0 aliphatic rings. The monoisotopic (exact) mass is 385 g/mol. The van der Waals surface area contributed by atoms with Crippen molar-refractivity contribution >= 4 is 51.0 Å². The molecule has 24 heavy (non-hydrogen) atoms. The van der Waals surface area contributed by atoms with E-state index in [-0.39, 0.29) is 17.8 Å². The second-order valence-corrected chi connectivity index (χ2v) is 8.63. The fourth-order valence-electron chi connectivity index (χ4n) is 2.02. The van der Waals surface area contributed by atoms with Crippen molar-refractivity contribution in [1.82, 2.24) is 4.98 Å². The van der Waals surface area contributed by atoms with Gasteiger partial charge in [-0.15, -0.1) is 11.3 Å². The zero-order valence-electron chi connectivity index (χ0n) is 14.0. The van der Waals surface area contributed by atoms with Crippen LogP contribution >= 0.6 is 34.9 Å². The maximum Gasteiger partial charge on any atom is 0.316 e. The fourth-order valence-corrected chi connectivity index (χ4v) is 4.95. The number of carbonyl (C=O) groups excluding carboxylic acids is 1. The molecule has 2 aromatic rings. The Balaban J connectivity index is 1.77. The Morgan fingerprint density at radius 2 is 2.21 bits per heavy atom. The van der Waals surface area contributed by atoms with E-state index in [1.165, 1.54) is 24.6 Å². The molecule has 0 bridgehead atoms. The highest BCUT2D eigenvalue weighted by Crippen LogP contribution is 2.29. The van der Waals surface area contributed by atoms with Crippen molar-refractivity contribution in [2.75, 3.05) is 31.0 Å². The minimum atomic E-state index is -0.211. The normalized spacial score (nSPS) is 12.4. The summed E-state index contributed by atoms with van der Waals surface area (Å²) in [6.07, 6.45) is 2.19. The predicted octanol–water partition coefficient (Wildman–Crippen LogP) is 4.48. The van der Waals surface area contributed by atoms with E-state index in [0.717, 1.165) is 26.1 Å². The van der Waals surface area contributed by atoms with E-state index in [2.05, 4.69) is 11.9 Å². The van der Waals surface area contributed by atoms with Gasteiger partial charge in [-0.1, -0.05) is 37.2 Å². The molecule has 2 rings (SSSR count). The van der Waals surface area contributed by atoms with Crippen molar-refractivity contribution in [2.24, 2.45) is 0 Å². The lowest BCUT2D eigenvalue weighted by Gasteiger charge is -2.16. The summed E-state index contributed by atoms with van der Waals surface area (Å²) in [4.78, 5) is 16.6. The number of ether oxygens (including phenoxy) is 2. The molecule has 1 heterocycles. The Morgan fingerprint density at radius 1 is 1.38 bits per heavy atom. The molecule has 1 unspecified atom stereocenters. The topological polar surface area (TPSA) is 48.4 Å². The van der Waals surface area contributed by atoms with Gasteiger partial charge < -0.3 is 9.47 Å². The maximum absolute atomic E-state index is 12.1. The number of hydrogen-bond donors (Lipinski definition) is 0. The molecule has 0 aliphatic carbocycles. The third-order valence-electron chi connectivity index (χ3n) is 3.18. The molecular weight excluding hydrogens is 362 g/mol. The number of fused-ring (bicyclic) bond motifs is 1. The van der Waals surface area contributed by atoms with Gasteiger partial charge >= 0.3 is 5.97 Å². The van der Waals surface area contributed by atoms with E-state index in [9.17, 15) is 4.79 Å². The summed E-state index contributed by atoms with van der Waals surface area (Å²) >= 11 is 4.85. The average Bonchev–Trinajstić information content (AvgIpc) is 3.00. The number of nitrogens with zero attached hydrogens (tertiary/aromatic N) is 1. The van der Waals surface area contributed by atoms with Crippen LogP contribution in [0.1, 0.15) is 19.8 Å². The summed E-state index contributed by atoms with van der Waals surface area (Å²) in [5, 5.41) is 0. The van der Waals surface area contributed by atoms with Gasteiger partial charge in [0, 0.05) is 12.9 Å². The molecule has 4 nitrogen and oxygen atoms in total. The van der Waals surface area contributed by atoms with E-state index >= 15 is 0 Å². The number of thiazole rings is 1. The standard InChI is InChI=1S/C17H23NO3S3/c1-3-4-9-22-11-13(10-20-2)21-16(19)12-23-17-18-14-7-5-6-8-15(14)24-17/h5-8,13H,3-4,9-12H2,1-2H3. The van der Waals surface area contributed by atoms with Gasteiger partial charge in [-0.25, -0.2) is 4.98 Å². The fraction of sp³-hybridized carbons (Fsp3) is 0.529. The second-order valence-electron chi connectivity index (χ2n) is 5.23. The SMILES string of the molecule is CCCCSCC(COC)OC(=O)CSc1nc2ccccc2s1. The highest BCUT2D eigenvalue weighted by molar-refractivity contribution is 8.01. The number of para-hydroxylation sites is 1. The Morgan fingerprint density at radius 3 is 2.96 bits per heavy atom. The van der Waals surface area contributed by atoms with Crippen molar-refractivity contribution < 1.29 is 14.3 Å². The molecule has 0 saturated carbocycles. The summed E-state index contributed by atoms with van der Waals surface area (Å²) in [6, 6.07) is 7.99. The van der Waals surface area contributed by atoms with Gasteiger partial charge in [0.15, 0.2) is 4.34 Å². The lowest BCUT2D eigenvalue weighted by molar-refractivity contribution is -0.146. The van der Waals surface area contributed by atoms with Crippen LogP contribution in [0.4, 0.5) is 0 Å². The molecule has 0 fully saturated rings. The molecular formula is C17H23NO3S3. The summed E-state index contributed by atoms with van der Waals surface area (Å²) in [6.45, 7) is 2.61. The van der Waals surface area contributed by atoms with Crippen molar-refractivity contribution in [3.05, 3.63) is 24.3 Å². The van der Waals surface area contributed by atoms with Gasteiger partial charge in [0.2, 0.25) is 0 Å². The second kappa shape index (κ2) is 11.0. The van der Waals surface area contributed by atoms with Gasteiger partial charge in [0.1, 0.15) is 6.10 Å². The van der Waals surface area contributed by atoms with Crippen LogP contribution < -0.4 is 0 Å². The van der Waals surface area contributed by atoms with Gasteiger partial charge in [0.05, 0.1) is 22.6 Å². The molecule has 1 aromatic heterocycles. The first-order chi connectivity index (χ1) is 11.7. The number of unbranched alkanes of at least 4 members (excludes halogenated alkanes) is 1. The van der Waals surface area contributed by atoms with Crippen molar-refractivity contribution in [2.45, 2.75) is 30.2 Å². The van der Waals surface area contributed by atoms with Gasteiger partial charge in [-0.3, -0.25) is 4.79 Å². The first-order valence-corrected chi connectivity index (χ1v) is 10.9. The summed E-state index contributed by atoms with van der Waals surface area (Å²) < 4.78 is 12.7. The van der Waals surface area contributed by atoms with Gasteiger partial charge in [-0.2, -0.15) is 11.8 Å². The summed E-state index contributed by atoms with van der Waals surface area (Å²) in [5.41, 5.74) is 0.975. The maximum atomic E-state index is 12.1. The number of rotatable bonds is 11. The van der Waals surface area contributed by atoms with Gasteiger partial charge in [0.25, 0.3) is 0 Å². The number of esters is 1. The van der Waals surface area contributed by atoms with E-state index in [0.29, 0.717) is 6.61 Å². The Kier molecular flexibility index (Phi) is 8.94. The summed E-state index contributed by atoms with van der Waals surface area (Å²) in [5.74, 6) is 1.94. The highest BCUT2D eigenvalue weighted by atomic mass is 32.2. The number of hydrogen-bond acceptors (Lipinski definition) is 7. The highest BCUT2D eigenvalue weighted by Gasteiger charge is 2.15. The number of methoxy groups -OCH3 is 1. The predicted molar refractivity (Wildman–Crippen MR) is 104 cm³/mol. The largest absolute Gasteiger partial charge is 0.458 e. The molecule has 0 N–H and O–H groups in total. The minimum Gasteiger partial charge on any atom is -0.458 e. The van der Waals surface area contributed by atoms with Crippen molar-refractivity contribution in [3.8, 4) is 0 Å². The molecule has 0 saturated heterocycles. The lowest BCUT2D eigenvalue weighted by atomic mass is 10.3. The molecule has 1 atom stereocenters. The van der Waals surface area contributed by atoms with Crippen molar-refractivity contribution in [3.63, 3.8) is 0 Å². The lowest BCUT2D eigenvalue weighted by Crippen LogP contribution is -2.26. The molecule has 0 amide bonds. The molecule has 1 aromatic carbocycles. The zero-order valence-corrected chi connectivity index (χ0v) is 16.5. The number of aromatic nitrogens is 1. The molecule has 132 valence electrons. The minimum absolute atomic E-state index is 0.180.